The third-order valence-electron chi connectivity index (χ3n) is 2.91. The molecule has 4 aliphatic carbocycles. The Labute approximate surface area is 189 Å². The van der Waals surface area contributed by atoms with E-state index in [2.05, 4.69) is 23.7 Å². The van der Waals surface area contributed by atoms with Gasteiger partial charge in [-0.15, -0.1) is 0 Å². The maximum atomic E-state index is 2.96. The van der Waals surface area contributed by atoms with E-state index in [4.69, 9.17) is 0 Å². The van der Waals surface area contributed by atoms with Crippen molar-refractivity contribution in [2.24, 2.45) is 0 Å². The smallest absolute Gasteiger partial charge is 0.0564 e. The molecule has 0 amide bonds. The molecule has 4 rings (SSSR count). The van der Waals surface area contributed by atoms with E-state index in [-0.39, 0.29) is 39.0 Å². The van der Waals surface area contributed by atoms with Crippen molar-refractivity contribution in [3.05, 3.63) is 127 Å². The number of rotatable bonds is 0. The monoisotopic (exact) mass is 510 g/mol. The van der Waals surface area contributed by atoms with Gasteiger partial charge in [0.05, 0.1) is 11.8 Å². The molecule has 0 aromatic heterocycles. The molecule has 0 bridgehead atoms. The topological polar surface area (TPSA) is 0 Å². The Bertz CT molecular complexity index is 357. The summed E-state index contributed by atoms with van der Waals surface area (Å²) >= 11 is 0. The SMILES string of the molecule is C(C#C[C]1[CH][CH][CH][CH]1)#C[C]1[CH][CH][CH][CH]1.[CH]1[CH][CH][CH][CH]1.[CH]1[CH][CH][CH][CH]1.[Ru].[Ru]. The molecule has 0 saturated heterocycles. The molecule has 4 saturated carbocycles. The molecule has 0 atom stereocenters. The third kappa shape index (κ3) is 13.5. The van der Waals surface area contributed by atoms with Crippen LogP contribution in [0.2, 0.25) is 0 Å². The van der Waals surface area contributed by atoms with Crippen LogP contribution in [0.15, 0.2) is 0 Å². The van der Waals surface area contributed by atoms with Crippen molar-refractivity contribution in [1.82, 2.24) is 0 Å². The van der Waals surface area contributed by atoms with Crippen molar-refractivity contribution in [3.8, 4) is 23.7 Å². The van der Waals surface area contributed by atoms with Crippen LogP contribution >= 0.6 is 0 Å². The number of hydrogen-bond donors (Lipinski definition) is 0. The maximum absolute atomic E-state index is 2.96. The van der Waals surface area contributed by atoms with Crippen molar-refractivity contribution < 1.29 is 39.0 Å². The Morgan fingerprint density at radius 2 is 0.577 bits per heavy atom. The first-order chi connectivity index (χ1) is 11.9. The van der Waals surface area contributed by atoms with E-state index in [9.17, 15) is 0 Å². The summed E-state index contributed by atoms with van der Waals surface area (Å²) in [6.07, 6.45) is 35.7. The minimum absolute atomic E-state index is 0. The minimum Gasteiger partial charge on any atom is -0.0800 e. The van der Waals surface area contributed by atoms with Gasteiger partial charge >= 0.3 is 0 Å². The Morgan fingerprint density at radius 3 is 0.808 bits per heavy atom. The van der Waals surface area contributed by atoms with Crippen LogP contribution < -0.4 is 0 Å². The summed E-state index contributed by atoms with van der Waals surface area (Å²) < 4.78 is 0. The van der Waals surface area contributed by atoms with Gasteiger partial charge in [0.15, 0.2) is 0 Å². The summed E-state index contributed by atoms with van der Waals surface area (Å²) in [6, 6.07) is 0. The number of hydrogen-bond acceptors (Lipinski definition) is 0. The molecule has 0 heterocycles. The van der Waals surface area contributed by atoms with Crippen molar-refractivity contribution in [2.45, 2.75) is 0 Å². The fourth-order valence-corrected chi connectivity index (χ4v) is 1.76. The fourth-order valence-electron chi connectivity index (χ4n) is 1.76. The standard InChI is InChI=1S/C14H8.2C5H5.2Ru/c1-2-8-13(7-1)11-5-6-12-14-9-3-4-10-14;2*1-2-4-5-3-1;;/h1-4,7-10H;2*1-5H;;. The van der Waals surface area contributed by atoms with E-state index in [0.29, 0.717) is 0 Å². The van der Waals surface area contributed by atoms with E-state index in [1.165, 1.54) is 0 Å². The molecular weight excluding hydrogens is 490 g/mol. The van der Waals surface area contributed by atoms with Crippen molar-refractivity contribution in [3.63, 3.8) is 0 Å². The summed E-state index contributed by atoms with van der Waals surface area (Å²) in [4.78, 5) is 0. The van der Waals surface area contributed by atoms with Crippen molar-refractivity contribution >= 4 is 0 Å². The summed E-state index contributed by atoms with van der Waals surface area (Å²) in [5.41, 5.74) is 0. The normalized spacial score (nSPS) is 21.4. The molecule has 0 spiro atoms. The predicted molar refractivity (Wildman–Crippen MR) is 99.4 cm³/mol. The molecular formula is C24H18Ru2. The molecule has 4 fully saturated rings. The van der Waals surface area contributed by atoms with Crippen LogP contribution in [0.3, 0.4) is 0 Å². The van der Waals surface area contributed by atoms with Crippen LogP contribution in [0, 0.1) is 151 Å². The quantitative estimate of drug-likeness (QED) is 0.345. The third-order valence-corrected chi connectivity index (χ3v) is 2.91. The molecule has 130 valence electrons. The van der Waals surface area contributed by atoms with Crippen LogP contribution in [-0.4, -0.2) is 0 Å². The first-order valence-corrected chi connectivity index (χ1v) is 7.74. The van der Waals surface area contributed by atoms with Crippen LogP contribution in [0.1, 0.15) is 0 Å². The maximum Gasteiger partial charge on any atom is 0.0564 e. The predicted octanol–water partition coefficient (Wildman–Crippen LogP) is 3.84. The van der Waals surface area contributed by atoms with E-state index >= 15 is 0 Å². The Hall–Kier alpha value is 0.367. The summed E-state index contributed by atoms with van der Waals surface area (Å²) in [5, 5.41) is 0. The Kier molecular flexibility index (Phi) is 19.0. The molecule has 0 nitrogen and oxygen atoms in total. The molecule has 26 heavy (non-hydrogen) atoms. The van der Waals surface area contributed by atoms with Crippen molar-refractivity contribution in [2.75, 3.05) is 0 Å². The van der Waals surface area contributed by atoms with Crippen LogP contribution in [-0.2, 0) is 39.0 Å². The zero-order chi connectivity index (χ0) is 16.7. The fraction of sp³-hybridized carbons (Fsp3) is 0. The zero-order valence-corrected chi connectivity index (χ0v) is 17.6. The van der Waals surface area contributed by atoms with Gasteiger partial charge in [-0.2, -0.15) is 0 Å². The van der Waals surface area contributed by atoms with Gasteiger partial charge < -0.3 is 0 Å². The average molecular weight is 509 g/mol. The average Bonchev–Trinajstić information content (AvgIpc) is 3.44. The van der Waals surface area contributed by atoms with E-state index in [0.717, 1.165) is 11.8 Å². The van der Waals surface area contributed by atoms with Gasteiger partial charge in [-0.25, -0.2) is 0 Å². The largest absolute Gasteiger partial charge is 0.0800 e. The van der Waals surface area contributed by atoms with Gasteiger partial charge in [-0.1, -0.05) is 11.8 Å². The van der Waals surface area contributed by atoms with Gasteiger partial charge in [0.1, 0.15) is 0 Å². The van der Waals surface area contributed by atoms with Gasteiger partial charge in [0.25, 0.3) is 0 Å². The summed E-state index contributed by atoms with van der Waals surface area (Å²) in [7, 11) is 0. The molecule has 20 radical (unpaired) electrons. The molecule has 0 aromatic carbocycles. The second-order valence-electron chi connectivity index (χ2n) is 4.77. The minimum atomic E-state index is 0. The first kappa shape index (κ1) is 26.4. The van der Waals surface area contributed by atoms with E-state index in [1.807, 2.05) is 116 Å². The van der Waals surface area contributed by atoms with Crippen LogP contribution in [0.25, 0.3) is 0 Å². The van der Waals surface area contributed by atoms with Crippen LogP contribution in [0.4, 0.5) is 0 Å². The summed E-state index contributed by atoms with van der Waals surface area (Å²) in [5.74, 6) is 13.6. The molecule has 0 aliphatic heterocycles. The van der Waals surface area contributed by atoms with Gasteiger partial charge in [-0.05, 0) is 127 Å². The first-order valence-electron chi connectivity index (χ1n) is 7.74. The van der Waals surface area contributed by atoms with Gasteiger partial charge in [0, 0.05) is 39.0 Å². The molecule has 0 aromatic rings. The van der Waals surface area contributed by atoms with E-state index in [1.54, 1.807) is 0 Å². The zero-order valence-electron chi connectivity index (χ0n) is 14.1. The Balaban J connectivity index is 0.000000432. The molecule has 0 unspecified atom stereocenters. The second-order valence-corrected chi connectivity index (χ2v) is 4.77. The van der Waals surface area contributed by atoms with Crippen molar-refractivity contribution in [1.29, 1.82) is 0 Å². The summed E-state index contributed by atoms with van der Waals surface area (Å²) in [6.45, 7) is 0. The second kappa shape index (κ2) is 18.7. The molecule has 2 heteroatoms. The van der Waals surface area contributed by atoms with Gasteiger partial charge in [0.2, 0.25) is 0 Å². The Morgan fingerprint density at radius 1 is 0.346 bits per heavy atom. The molecule has 4 aliphatic rings. The molecule has 0 N–H and O–H groups in total. The van der Waals surface area contributed by atoms with Crippen LogP contribution in [0.5, 0.6) is 0 Å². The van der Waals surface area contributed by atoms with Gasteiger partial charge in [-0.3, -0.25) is 0 Å². The van der Waals surface area contributed by atoms with E-state index < -0.39 is 0 Å².